The van der Waals surface area contributed by atoms with Gasteiger partial charge in [-0.15, -0.1) is 0 Å². The van der Waals surface area contributed by atoms with Crippen LogP contribution in [0.25, 0.3) is 49.3 Å². The van der Waals surface area contributed by atoms with Gasteiger partial charge in [0.05, 0.1) is 11.0 Å². The number of anilines is 2. The molecule has 2 aromatic heterocycles. The van der Waals surface area contributed by atoms with Crippen LogP contribution in [-0.2, 0) is 0 Å². The smallest absolute Gasteiger partial charge is 0.0649 e. The number of nitrogens with one attached hydrogen (secondary N) is 3. The first-order valence-electron chi connectivity index (χ1n) is 11.7. The van der Waals surface area contributed by atoms with E-state index in [0.29, 0.717) is 0 Å². The van der Waals surface area contributed by atoms with Gasteiger partial charge in [0.2, 0.25) is 0 Å². The molecule has 166 valence electrons. The van der Waals surface area contributed by atoms with E-state index >= 15 is 0 Å². The predicted octanol–water partition coefficient (Wildman–Crippen LogP) is 8.16. The topological polar surface area (TPSA) is 56.6 Å². The van der Waals surface area contributed by atoms with Crippen LogP contribution in [-0.4, -0.2) is 15.8 Å². The van der Waals surface area contributed by atoms with E-state index in [2.05, 4.69) is 112 Å². The SMILES string of the molecule is N=Cc1c(Nc2ccc3c(c2)[nH]c2ccccc23)ccc2c3ccccc3n(-c3ccccc3)c12. The normalized spacial score (nSPS) is 11.5. The molecule has 7 aromatic rings. The summed E-state index contributed by atoms with van der Waals surface area (Å²) in [7, 11) is 0. The average molecular weight is 451 g/mol. The third-order valence-corrected chi connectivity index (χ3v) is 6.82. The molecule has 0 saturated heterocycles. The van der Waals surface area contributed by atoms with Gasteiger partial charge in [-0.25, -0.2) is 0 Å². The van der Waals surface area contributed by atoms with Gasteiger partial charge in [0, 0.05) is 61.4 Å². The molecule has 4 heteroatoms. The van der Waals surface area contributed by atoms with E-state index in [1.165, 1.54) is 22.4 Å². The molecular formula is C31H22N4. The standard InChI is InChI=1S/C31H22N4/c32-19-26-28(33-20-14-15-23-22-10-4-6-12-27(22)34-29(23)18-20)17-16-25-24-11-5-7-13-30(24)35(31(25)26)21-8-2-1-3-9-21/h1-19,32-34H. The van der Waals surface area contributed by atoms with Gasteiger partial charge < -0.3 is 20.3 Å². The third kappa shape index (κ3) is 2.97. The van der Waals surface area contributed by atoms with Crippen LogP contribution in [0.15, 0.2) is 109 Å². The molecule has 0 atom stereocenters. The summed E-state index contributed by atoms with van der Waals surface area (Å²) in [6.45, 7) is 0. The van der Waals surface area contributed by atoms with Crippen molar-refractivity contribution in [2.24, 2.45) is 0 Å². The van der Waals surface area contributed by atoms with Crippen LogP contribution in [0, 0.1) is 5.41 Å². The Morgan fingerprint density at radius 1 is 0.657 bits per heavy atom. The number of fused-ring (bicyclic) bond motifs is 6. The Kier molecular flexibility index (Phi) is 4.26. The van der Waals surface area contributed by atoms with Gasteiger partial charge in [-0.2, -0.15) is 0 Å². The van der Waals surface area contributed by atoms with Crippen LogP contribution in [0.1, 0.15) is 5.56 Å². The zero-order valence-electron chi connectivity index (χ0n) is 18.9. The highest BCUT2D eigenvalue weighted by molar-refractivity contribution is 6.16. The highest BCUT2D eigenvalue weighted by Crippen LogP contribution is 2.37. The summed E-state index contributed by atoms with van der Waals surface area (Å²) < 4.78 is 2.26. The highest BCUT2D eigenvalue weighted by Gasteiger charge is 2.17. The van der Waals surface area contributed by atoms with E-state index < -0.39 is 0 Å². The summed E-state index contributed by atoms with van der Waals surface area (Å²) in [5, 5.41) is 16.7. The molecule has 0 spiro atoms. The Bertz CT molecular complexity index is 1890. The van der Waals surface area contributed by atoms with Gasteiger partial charge in [-0.1, -0.05) is 66.7 Å². The maximum Gasteiger partial charge on any atom is 0.0649 e. The number of rotatable bonds is 4. The molecule has 0 aliphatic rings. The second-order valence-corrected chi connectivity index (χ2v) is 8.81. The Balaban J connectivity index is 1.44. The molecule has 4 nitrogen and oxygen atoms in total. The van der Waals surface area contributed by atoms with Crippen LogP contribution in [0.2, 0.25) is 0 Å². The van der Waals surface area contributed by atoms with Gasteiger partial charge in [-0.05, 0) is 42.5 Å². The Labute approximate surface area is 202 Å². The van der Waals surface area contributed by atoms with E-state index in [1.54, 1.807) is 0 Å². The molecule has 2 heterocycles. The van der Waals surface area contributed by atoms with Crippen molar-refractivity contribution in [1.29, 1.82) is 5.41 Å². The van der Waals surface area contributed by atoms with E-state index in [4.69, 9.17) is 5.41 Å². The minimum atomic E-state index is 0.860. The quantitative estimate of drug-likeness (QED) is 0.233. The summed E-state index contributed by atoms with van der Waals surface area (Å²) in [5.74, 6) is 0. The van der Waals surface area contributed by atoms with Crippen LogP contribution < -0.4 is 5.32 Å². The minimum absolute atomic E-state index is 0.860. The molecule has 0 saturated carbocycles. The van der Waals surface area contributed by atoms with Crippen molar-refractivity contribution in [2.45, 2.75) is 0 Å². The summed E-state index contributed by atoms with van der Waals surface area (Å²) in [5.41, 5.74) is 8.22. The van der Waals surface area contributed by atoms with E-state index in [-0.39, 0.29) is 0 Å². The maximum absolute atomic E-state index is 8.38. The maximum atomic E-state index is 8.38. The fraction of sp³-hybridized carbons (Fsp3) is 0. The van der Waals surface area contributed by atoms with Gasteiger partial charge in [0.15, 0.2) is 0 Å². The zero-order valence-corrected chi connectivity index (χ0v) is 18.9. The number of hydrogen-bond acceptors (Lipinski definition) is 2. The van der Waals surface area contributed by atoms with Crippen LogP contribution in [0.5, 0.6) is 0 Å². The Morgan fingerprint density at radius 3 is 2.23 bits per heavy atom. The number of hydrogen-bond donors (Lipinski definition) is 3. The number of para-hydroxylation sites is 3. The number of H-pyrrole nitrogens is 1. The monoisotopic (exact) mass is 450 g/mol. The molecule has 0 radical (unpaired) electrons. The zero-order chi connectivity index (χ0) is 23.4. The molecule has 7 rings (SSSR count). The van der Waals surface area contributed by atoms with Crippen molar-refractivity contribution in [3.63, 3.8) is 0 Å². The summed E-state index contributed by atoms with van der Waals surface area (Å²) in [4.78, 5) is 3.52. The lowest BCUT2D eigenvalue weighted by atomic mass is 10.1. The van der Waals surface area contributed by atoms with Crippen LogP contribution >= 0.6 is 0 Å². The largest absolute Gasteiger partial charge is 0.355 e. The molecule has 5 aromatic carbocycles. The lowest BCUT2D eigenvalue weighted by molar-refractivity contribution is 1.18. The van der Waals surface area contributed by atoms with Crippen molar-refractivity contribution < 1.29 is 0 Å². The van der Waals surface area contributed by atoms with E-state index in [0.717, 1.165) is 50.1 Å². The molecule has 35 heavy (non-hydrogen) atoms. The number of nitrogens with zero attached hydrogens (tertiary/aromatic N) is 1. The molecule has 0 aliphatic carbocycles. The first-order chi connectivity index (χ1) is 17.3. The summed E-state index contributed by atoms with van der Waals surface area (Å²) in [6.07, 6.45) is 1.46. The minimum Gasteiger partial charge on any atom is -0.355 e. The molecule has 0 fully saturated rings. The van der Waals surface area contributed by atoms with Crippen molar-refractivity contribution in [2.75, 3.05) is 5.32 Å². The fourth-order valence-electron chi connectivity index (χ4n) is 5.27. The Hall–Kier alpha value is -4.83. The van der Waals surface area contributed by atoms with Crippen LogP contribution in [0.3, 0.4) is 0 Å². The van der Waals surface area contributed by atoms with Gasteiger partial charge in [0.25, 0.3) is 0 Å². The molecule has 0 aliphatic heterocycles. The molecule has 0 unspecified atom stereocenters. The summed E-state index contributed by atoms with van der Waals surface area (Å²) >= 11 is 0. The van der Waals surface area contributed by atoms with Gasteiger partial charge >= 0.3 is 0 Å². The van der Waals surface area contributed by atoms with Crippen molar-refractivity contribution in [3.05, 3.63) is 115 Å². The summed E-state index contributed by atoms with van der Waals surface area (Å²) in [6, 6.07) is 37.8. The first kappa shape index (κ1) is 19.6. The lowest BCUT2D eigenvalue weighted by Gasteiger charge is -2.14. The number of aromatic nitrogens is 2. The van der Waals surface area contributed by atoms with Crippen molar-refractivity contribution in [1.82, 2.24) is 9.55 Å². The third-order valence-electron chi connectivity index (χ3n) is 6.82. The van der Waals surface area contributed by atoms with Gasteiger partial charge in [-0.3, -0.25) is 0 Å². The fourth-order valence-corrected chi connectivity index (χ4v) is 5.27. The predicted molar refractivity (Wildman–Crippen MR) is 148 cm³/mol. The van der Waals surface area contributed by atoms with E-state index in [1.807, 2.05) is 12.1 Å². The number of benzene rings is 5. The second kappa shape index (κ2) is 7.61. The van der Waals surface area contributed by atoms with E-state index in [9.17, 15) is 0 Å². The molecular weight excluding hydrogens is 428 g/mol. The average Bonchev–Trinajstić information content (AvgIpc) is 3.44. The Morgan fingerprint density at radius 2 is 1.37 bits per heavy atom. The van der Waals surface area contributed by atoms with Crippen LogP contribution in [0.4, 0.5) is 11.4 Å². The molecule has 3 N–H and O–H groups in total. The van der Waals surface area contributed by atoms with Crippen molar-refractivity contribution in [3.8, 4) is 5.69 Å². The lowest BCUT2D eigenvalue weighted by Crippen LogP contribution is -2.00. The molecule has 0 bridgehead atoms. The van der Waals surface area contributed by atoms with Crippen molar-refractivity contribution >= 4 is 61.2 Å². The second-order valence-electron chi connectivity index (χ2n) is 8.81. The number of aromatic amines is 1. The highest BCUT2D eigenvalue weighted by atomic mass is 15.0. The molecule has 0 amide bonds. The first-order valence-corrected chi connectivity index (χ1v) is 11.7. The van der Waals surface area contributed by atoms with Gasteiger partial charge in [0.1, 0.15) is 0 Å².